The Balaban J connectivity index is 2.31. The lowest BCUT2D eigenvalue weighted by Gasteiger charge is -2.07. The summed E-state index contributed by atoms with van der Waals surface area (Å²) in [5.41, 5.74) is -1.02. The summed E-state index contributed by atoms with van der Waals surface area (Å²) < 4.78 is 9.99. The van der Waals surface area contributed by atoms with Gasteiger partial charge in [-0.1, -0.05) is 11.2 Å². The summed E-state index contributed by atoms with van der Waals surface area (Å²) in [5.74, 6) is -1.15. The zero-order chi connectivity index (χ0) is 13.8. The van der Waals surface area contributed by atoms with E-state index in [1.165, 1.54) is 24.4 Å². The average molecular weight is 264 g/mol. The van der Waals surface area contributed by atoms with E-state index in [2.05, 4.69) is 5.16 Å². The van der Waals surface area contributed by atoms with E-state index in [1.807, 2.05) is 0 Å². The molecular weight excluding hydrogens is 256 g/mol. The van der Waals surface area contributed by atoms with Gasteiger partial charge in [0.15, 0.2) is 11.3 Å². The molecule has 0 saturated heterocycles. The number of carbonyl (C=O) groups is 1. The lowest BCUT2D eigenvalue weighted by Crippen LogP contribution is -2.06. The molecule has 0 aliphatic rings. The predicted octanol–water partition coefficient (Wildman–Crippen LogP) is 1.86. The number of hydrogen-bond donors (Lipinski definition) is 1. The van der Waals surface area contributed by atoms with Crippen molar-refractivity contribution in [2.45, 2.75) is 6.61 Å². The molecule has 19 heavy (non-hydrogen) atoms. The van der Waals surface area contributed by atoms with Gasteiger partial charge < -0.3 is 14.4 Å². The van der Waals surface area contributed by atoms with Crippen LogP contribution in [0.2, 0.25) is 0 Å². The topological polar surface area (TPSA) is 116 Å². The third-order valence-electron chi connectivity index (χ3n) is 2.28. The van der Waals surface area contributed by atoms with E-state index in [1.54, 1.807) is 0 Å². The molecule has 1 aromatic carbocycles. The van der Waals surface area contributed by atoms with Gasteiger partial charge in [0.1, 0.15) is 12.4 Å². The SMILES string of the molecule is O=C(O)c1c(OCc2ccno2)cccc1[N+](=O)[O-]. The van der Waals surface area contributed by atoms with Crippen LogP contribution >= 0.6 is 0 Å². The number of aromatic nitrogens is 1. The Morgan fingerprint density at radius 3 is 2.84 bits per heavy atom. The third-order valence-corrected chi connectivity index (χ3v) is 2.28. The Morgan fingerprint density at radius 1 is 1.47 bits per heavy atom. The van der Waals surface area contributed by atoms with Gasteiger partial charge >= 0.3 is 5.97 Å². The minimum absolute atomic E-state index is 0.0680. The Hall–Kier alpha value is -2.90. The molecule has 0 saturated carbocycles. The van der Waals surface area contributed by atoms with Crippen LogP contribution in [-0.2, 0) is 6.61 Å². The minimum atomic E-state index is -1.43. The molecule has 2 rings (SSSR count). The number of aromatic carboxylic acids is 1. The molecule has 1 aromatic heterocycles. The van der Waals surface area contributed by atoms with Crippen LogP contribution in [0.3, 0.4) is 0 Å². The van der Waals surface area contributed by atoms with Gasteiger partial charge in [-0.2, -0.15) is 0 Å². The summed E-state index contributed by atoms with van der Waals surface area (Å²) in [6, 6.07) is 5.33. The average Bonchev–Trinajstić information content (AvgIpc) is 2.88. The number of rotatable bonds is 5. The monoisotopic (exact) mass is 264 g/mol. The van der Waals surface area contributed by atoms with Crippen molar-refractivity contribution >= 4 is 11.7 Å². The first-order valence-corrected chi connectivity index (χ1v) is 5.12. The predicted molar refractivity (Wildman–Crippen MR) is 60.9 cm³/mol. The maximum Gasteiger partial charge on any atom is 0.346 e. The van der Waals surface area contributed by atoms with Crippen molar-refractivity contribution < 1.29 is 24.1 Å². The van der Waals surface area contributed by atoms with Crippen LogP contribution in [-0.4, -0.2) is 21.2 Å². The van der Waals surface area contributed by atoms with Crippen LogP contribution in [0.25, 0.3) is 0 Å². The molecule has 0 aliphatic carbocycles. The van der Waals surface area contributed by atoms with Crippen molar-refractivity contribution in [1.82, 2.24) is 5.16 Å². The number of carboxylic acids is 1. The second kappa shape index (κ2) is 5.17. The smallest absolute Gasteiger partial charge is 0.346 e. The third kappa shape index (κ3) is 2.68. The van der Waals surface area contributed by atoms with Crippen molar-refractivity contribution in [2.24, 2.45) is 0 Å². The van der Waals surface area contributed by atoms with Crippen molar-refractivity contribution in [3.05, 3.63) is 51.9 Å². The van der Waals surface area contributed by atoms with Crippen molar-refractivity contribution in [3.8, 4) is 5.75 Å². The number of ether oxygens (including phenoxy) is 1. The molecule has 0 aliphatic heterocycles. The van der Waals surface area contributed by atoms with E-state index in [0.717, 1.165) is 6.07 Å². The van der Waals surface area contributed by atoms with Crippen molar-refractivity contribution in [3.63, 3.8) is 0 Å². The Labute approximate surface area is 106 Å². The maximum atomic E-state index is 11.1. The van der Waals surface area contributed by atoms with Gasteiger partial charge in [0.05, 0.1) is 11.1 Å². The van der Waals surface area contributed by atoms with Gasteiger partial charge in [0, 0.05) is 12.1 Å². The van der Waals surface area contributed by atoms with E-state index in [9.17, 15) is 14.9 Å². The number of nitro benzene ring substituents is 1. The Bertz CT molecular complexity index is 608. The van der Waals surface area contributed by atoms with Crippen LogP contribution in [0.5, 0.6) is 5.75 Å². The Morgan fingerprint density at radius 2 is 2.26 bits per heavy atom. The molecule has 2 aromatic rings. The highest BCUT2D eigenvalue weighted by atomic mass is 16.6. The minimum Gasteiger partial charge on any atom is -0.484 e. The number of hydrogen-bond acceptors (Lipinski definition) is 6. The lowest BCUT2D eigenvalue weighted by molar-refractivity contribution is -0.385. The summed E-state index contributed by atoms with van der Waals surface area (Å²) in [6.45, 7) is -0.0680. The van der Waals surface area contributed by atoms with Gasteiger partial charge in [0.2, 0.25) is 0 Å². The van der Waals surface area contributed by atoms with Gasteiger partial charge in [-0.15, -0.1) is 0 Å². The highest BCUT2D eigenvalue weighted by molar-refractivity contribution is 5.95. The molecule has 0 radical (unpaired) electrons. The van der Waals surface area contributed by atoms with E-state index in [4.69, 9.17) is 14.4 Å². The van der Waals surface area contributed by atoms with Gasteiger partial charge in [-0.05, 0) is 6.07 Å². The normalized spacial score (nSPS) is 10.1. The summed E-state index contributed by atoms with van der Waals surface area (Å²) in [6.07, 6.45) is 1.41. The Kier molecular flexibility index (Phi) is 3.42. The second-order valence-electron chi connectivity index (χ2n) is 3.48. The molecule has 0 unspecified atom stereocenters. The van der Waals surface area contributed by atoms with Crippen LogP contribution in [0.15, 0.2) is 35.0 Å². The van der Waals surface area contributed by atoms with Gasteiger partial charge in [0.25, 0.3) is 5.69 Å². The van der Waals surface area contributed by atoms with Gasteiger partial charge in [-0.25, -0.2) is 4.79 Å². The highest BCUT2D eigenvalue weighted by Crippen LogP contribution is 2.28. The molecule has 0 spiro atoms. The maximum absolute atomic E-state index is 11.1. The zero-order valence-corrected chi connectivity index (χ0v) is 9.48. The first-order chi connectivity index (χ1) is 9.09. The molecular formula is C11H8N2O6. The van der Waals surface area contributed by atoms with Crippen LogP contribution in [0, 0.1) is 10.1 Å². The standard InChI is InChI=1S/C11H8N2O6/c14-11(15)10-8(13(16)17)2-1-3-9(10)18-6-7-4-5-12-19-7/h1-5H,6H2,(H,14,15). The van der Waals surface area contributed by atoms with Crippen LogP contribution < -0.4 is 4.74 Å². The molecule has 0 fully saturated rings. The largest absolute Gasteiger partial charge is 0.484 e. The van der Waals surface area contributed by atoms with E-state index in [-0.39, 0.29) is 12.4 Å². The highest BCUT2D eigenvalue weighted by Gasteiger charge is 2.24. The summed E-state index contributed by atoms with van der Waals surface area (Å²) in [5, 5.41) is 23.3. The first kappa shape index (κ1) is 12.6. The fourth-order valence-corrected chi connectivity index (χ4v) is 1.47. The molecule has 98 valence electrons. The molecule has 0 amide bonds. The molecule has 1 heterocycles. The van der Waals surface area contributed by atoms with E-state index >= 15 is 0 Å². The van der Waals surface area contributed by atoms with Crippen LogP contribution in [0.1, 0.15) is 16.1 Å². The molecule has 8 nitrogen and oxygen atoms in total. The zero-order valence-electron chi connectivity index (χ0n) is 9.48. The summed E-state index contributed by atoms with van der Waals surface area (Å²) in [4.78, 5) is 21.1. The number of benzene rings is 1. The van der Waals surface area contributed by atoms with Crippen molar-refractivity contribution in [2.75, 3.05) is 0 Å². The molecule has 1 N–H and O–H groups in total. The summed E-state index contributed by atoms with van der Waals surface area (Å²) in [7, 11) is 0. The lowest BCUT2D eigenvalue weighted by atomic mass is 10.1. The molecule has 8 heteroatoms. The molecule has 0 atom stereocenters. The fourth-order valence-electron chi connectivity index (χ4n) is 1.47. The number of nitro groups is 1. The quantitative estimate of drug-likeness (QED) is 0.647. The second-order valence-corrected chi connectivity index (χ2v) is 3.48. The summed E-state index contributed by atoms with van der Waals surface area (Å²) >= 11 is 0. The van der Waals surface area contributed by atoms with Crippen LogP contribution in [0.4, 0.5) is 5.69 Å². The fraction of sp³-hybridized carbons (Fsp3) is 0.0909. The van der Waals surface area contributed by atoms with Crippen molar-refractivity contribution in [1.29, 1.82) is 0 Å². The van der Waals surface area contributed by atoms with Gasteiger partial charge in [-0.3, -0.25) is 10.1 Å². The first-order valence-electron chi connectivity index (χ1n) is 5.12. The van der Waals surface area contributed by atoms with E-state index in [0.29, 0.717) is 5.76 Å². The number of carboxylic acid groups (broad SMARTS) is 1. The number of nitrogens with zero attached hydrogens (tertiary/aromatic N) is 2. The molecule has 0 bridgehead atoms. The van der Waals surface area contributed by atoms with E-state index < -0.39 is 22.1 Å².